The van der Waals surface area contributed by atoms with Gasteiger partial charge in [-0.3, -0.25) is 32.3 Å². The predicted molar refractivity (Wildman–Crippen MR) is 563 cm³/mol. The van der Waals surface area contributed by atoms with Crippen LogP contribution in [0.15, 0.2) is 182 Å². The molecule has 0 radical (unpaired) electrons. The topological polar surface area (TPSA) is 406 Å². The molecule has 7 atom stereocenters. The van der Waals surface area contributed by atoms with Gasteiger partial charge in [0.15, 0.2) is 0 Å². The average Bonchev–Trinajstić information content (AvgIpc) is 0.887. The molecule has 5 fully saturated rings. The first kappa shape index (κ1) is 118. The Hall–Kier alpha value is -9.29. The Labute approximate surface area is 849 Å². The van der Waals surface area contributed by atoms with Crippen molar-refractivity contribution in [3.05, 3.63) is 221 Å². The van der Waals surface area contributed by atoms with Gasteiger partial charge in [0, 0.05) is 0 Å². The summed E-state index contributed by atoms with van der Waals surface area (Å²) < 4.78 is 68.9. The summed E-state index contributed by atoms with van der Waals surface area (Å²) in [5.41, 5.74) is 6.34. The van der Waals surface area contributed by atoms with Crippen molar-refractivity contribution in [1.82, 2.24) is 52.0 Å². The molecular weight excluding hydrogens is 1840 g/mol. The van der Waals surface area contributed by atoms with Crippen LogP contribution in [0.3, 0.4) is 0 Å². The number of benzene rings is 7. The number of aliphatic carboxylic acids is 5. The summed E-state index contributed by atoms with van der Waals surface area (Å²) in [7, 11) is 5.00. The van der Waals surface area contributed by atoms with Crippen molar-refractivity contribution in [1.29, 1.82) is 0 Å². The van der Waals surface area contributed by atoms with Gasteiger partial charge >= 0.3 is 29.8 Å². The van der Waals surface area contributed by atoms with Gasteiger partial charge in [-0.2, -0.15) is 9.44 Å². The largest absolute Gasteiger partial charge is 0.494 e. The van der Waals surface area contributed by atoms with Gasteiger partial charge in [0.1, 0.15) is 59.0 Å². The second kappa shape index (κ2) is 72.9. The van der Waals surface area contributed by atoms with Crippen LogP contribution in [0.1, 0.15) is 225 Å². The van der Waals surface area contributed by atoms with Gasteiger partial charge in [0.2, 0.25) is 22.5 Å². The molecule has 15 N–H and O–H groups in total. The molecule has 7 aromatic carbocycles. The van der Waals surface area contributed by atoms with Gasteiger partial charge in [-0.05, 0) is 363 Å². The minimum Gasteiger partial charge on any atom is -0.494 e. The zero-order chi connectivity index (χ0) is 101. The molecule has 5 aliphatic heterocycles. The van der Waals surface area contributed by atoms with E-state index >= 15 is 0 Å². The maximum absolute atomic E-state index is 12.2. The summed E-state index contributed by atoms with van der Waals surface area (Å²) >= 11 is -3.83. The van der Waals surface area contributed by atoms with E-state index in [2.05, 4.69) is 52.0 Å². The minimum atomic E-state index is -1.92. The molecule has 5 aliphatic rings. The number of carbonyl (C=O) groups is 5. The fourth-order valence-electron chi connectivity index (χ4n) is 18.0. The van der Waals surface area contributed by atoms with Crippen molar-refractivity contribution in [2.75, 3.05) is 120 Å². The van der Waals surface area contributed by atoms with Crippen LogP contribution >= 0.6 is 0 Å². The molecule has 786 valence electrons. The van der Waals surface area contributed by atoms with E-state index < -0.39 is 82.6 Å². The molecule has 0 bridgehead atoms. The zero-order valence-electron chi connectivity index (χ0n) is 84.4. The molecule has 0 amide bonds. The molecule has 7 aromatic rings. The Morgan fingerprint density at radius 2 is 0.458 bits per heavy atom. The third kappa shape index (κ3) is 52.5. The van der Waals surface area contributed by atoms with Gasteiger partial charge in [-0.1, -0.05) is 192 Å². The number of carboxylic acid groups (broad SMARTS) is 5. The van der Waals surface area contributed by atoms with Gasteiger partial charge in [-0.25, -0.2) is 8.42 Å². The molecule has 31 heteroatoms. The van der Waals surface area contributed by atoms with Crippen LogP contribution in [-0.4, -0.2) is 214 Å². The van der Waals surface area contributed by atoms with Crippen LogP contribution in [0, 0.1) is 29.6 Å². The fourth-order valence-corrected chi connectivity index (χ4v) is 19.4. The number of hydrogen-bond acceptors (Lipinski definition) is 22. The lowest BCUT2D eigenvalue weighted by Gasteiger charge is -2.22. The highest BCUT2D eigenvalue weighted by Crippen LogP contribution is 2.28. The fraction of sp³-hybridized carbons (Fsp3) is 0.577. The lowest BCUT2D eigenvalue weighted by Crippen LogP contribution is -2.40. The SMILES string of the molecule is CNC(Cc1ccc(OCCCCC2CCNCC2)cc1)C(=O)O.CNC(Cc1ccc(OCCCCC2CCNCC2)cc1)C(=O)O.CNC(Cc1ccc(OCCCCCCC2CCNCC2)cc1)C(=O)O.O=C(O)C(Cc1ccc(OCCCCC2CCNCC2)cc1)NS(=O)OCc1ccccc1.O=C(O)C(Cc1ccc(OCCCCCCC2CCNCC2)cc1)NS(=O)OCc1ccccc1. The second-order valence-corrected chi connectivity index (χ2v) is 39.7. The standard InChI is InChI=1S/C27H38N2O5S.C25H34N2O5S.C21H34N2O3.2C19H30N2O3/c30-27(31)26(29-35(32)34-21-24-9-5-3-6-10-24)20-23-11-13-25(14-12-23)33-19-7-2-1-4-8-22-15-17-28-18-16-22;28-25(29)24(27-33(30)32-19-22-7-2-1-3-8-22)18-21-9-11-23(12-10-21)31-17-5-4-6-20-13-15-26-16-14-20;1-22-20(21(24)25)16-18-7-9-19(10-8-18)26-15-5-3-2-4-6-17-11-13-23-14-12-17;2*1-20-18(19(22)23)14-16-5-7-17(8-6-16)24-13-3-2-4-15-9-11-21-12-10-15/h3,5-6,9-14,22,26,28-29H,1-2,4,7-8,15-21H2,(H,30,31);1-3,7-12,20,24,26-27H,4-6,13-19H2,(H,28,29);7-10,17,20,22-23H,2-6,11-16H2,1H3,(H,24,25);2*5-8,15,18,20-21H,2-4,9-14H2,1H3,(H,22,23). The molecule has 0 aliphatic carbocycles. The van der Waals surface area contributed by atoms with E-state index in [1.165, 1.54) is 206 Å². The molecule has 0 aromatic heterocycles. The molecule has 5 heterocycles. The summed E-state index contributed by atoms with van der Waals surface area (Å²) in [5, 5.41) is 71.7. The molecule has 5 saturated heterocycles. The Kier molecular flexibility index (Phi) is 60.5. The highest BCUT2D eigenvalue weighted by Gasteiger charge is 2.26. The summed E-state index contributed by atoms with van der Waals surface area (Å²) in [6, 6.07) is 52.9. The van der Waals surface area contributed by atoms with Gasteiger partial charge < -0.3 is 91.8 Å². The van der Waals surface area contributed by atoms with E-state index in [9.17, 15) is 42.6 Å². The molecule has 0 saturated carbocycles. The second-order valence-electron chi connectivity index (χ2n) is 37.9. The number of rotatable bonds is 62. The third-order valence-corrected chi connectivity index (χ3v) is 28.5. The number of nitrogens with one attached hydrogen (secondary N) is 10. The number of piperidine rings is 5. The Morgan fingerprint density at radius 3 is 0.662 bits per heavy atom. The van der Waals surface area contributed by atoms with E-state index in [0.29, 0.717) is 32.5 Å². The third-order valence-electron chi connectivity index (χ3n) is 26.9. The summed E-state index contributed by atoms with van der Waals surface area (Å²) in [6.45, 7) is 15.6. The van der Waals surface area contributed by atoms with Crippen LogP contribution < -0.4 is 75.7 Å². The Morgan fingerprint density at radius 1 is 0.268 bits per heavy atom. The van der Waals surface area contributed by atoms with Crippen molar-refractivity contribution in [3.63, 3.8) is 0 Å². The maximum Gasteiger partial charge on any atom is 0.322 e. The van der Waals surface area contributed by atoms with E-state index in [-0.39, 0.29) is 26.1 Å². The van der Waals surface area contributed by atoms with Crippen molar-refractivity contribution in [2.24, 2.45) is 29.6 Å². The van der Waals surface area contributed by atoms with Crippen LogP contribution in [0.5, 0.6) is 28.7 Å². The molecule has 7 unspecified atom stereocenters. The summed E-state index contributed by atoms with van der Waals surface area (Å²) in [6.07, 6.45) is 38.1. The number of ether oxygens (including phenoxy) is 5. The number of carboxylic acids is 5. The smallest absolute Gasteiger partial charge is 0.322 e. The number of likely N-dealkylation sites (N-methyl/N-ethyl adjacent to an activating group) is 3. The van der Waals surface area contributed by atoms with Crippen molar-refractivity contribution in [2.45, 2.75) is 262 Å². The quantitative estimate of drug-likeness (QED) is 0.0157. The minimum absolute atomic E-state index is 0.136. The lowest BCUT2D eigenvalue weighted by atomic mass is 9.92. The van der Waals surface area contributed by atoms with Crippen molar-refractivity contribution < 1.29 is 90.0 Å². The summed E-state index contributed by atoms with van der Waals surface area (Å²) in [5.74, 6) is 3.95. The van der Waals surface area contributed by atoms with Gasteiger partial charge in [-0.15, -0.1) is 0 Å². The van der Waals surface area contributed by atoms with E-state index in [1.54, 1.807) is 21.1 Å². The first-order chi connectivity index (χ1) is 69.3. The lowest BCUT2D eigenvalue weighted by molar-refractivity contribution is -0.140. The van der Waals surface area contributed by atoms with Gasteiger partial charge in [0.05, 0.1) is 46.2 Å². The predicted octanol–water partition coefficient (Wildman–Crippen LogP) is 16.1. The highest BCUT2D eigenvalue weighted by molar-refractivity contribution is 7.78. The molecule has 29 nitrogen and oxygen atoms in total. The Bertz CT molecular complexity index is 4440. The molecule has 0 spiro atoms. The summed E-state index contributed by atoms with van der Waals surface area (Å²) in [4.78, 5) is 56.4. The number of hydrogen-bond donors (Lipinski definition) is 15. The van der Waals surface area contributed by atoms with E-state index in [4.69, 9.17) is 47.4 Å². The van der Waals surface area contributed by atoms with Crippen molar-refractivity contribution in [3.8, 4) is 28.7 Å². The number of unbranched alkanes of at least 4 members (excludes halogenated alkanes) is 9. The molecule has 12 rings (SSSR count). The van der Waals surface area contributed by atoms with Crippen LogP contribution in [-0.2, 0) is 100 Å². The zero-order valence-corrected chi connectivity index (χ0v) is 86.1. The average molecular weight is 2010 g/mol. The van der Waals surface area contributed by atoms with E-state index in [0.717, 1.165) is 162 Å². The van der Waals surface area contributed by atoms with Crippen LogP contribution in [0.4, 0.5) is 0 Å². The van der Waals surface area contributed by atoms with Crippen LogP contribution in [0.2, 0.25) is 0 Å². The Balaban J connectivity index is 0.000000219. The molecule has 142 heavy (non-hydrogen) atoms. The monoisotopic (exact) mass is 2010 g/mol. The van der Waals surface area contributed by atoms with E-state index in [1.807, 2.05) is 182 Å². The maximum atomic E-state index is 12.2. The first-order valence-corrected chi connectivity index (χ1v) is 54.4. The van der Waals surface area contributed by atoms with Gasteiger partial charge in [0.25, 0.3) is 0 Å². The van der Waals surface area contributed by atoms with Crippen LogP contribution in [0.25, 0.3) is 0 Å². The highest BCUT2D eigenvalue weighted by atomic mass is 32.2. The first-order valence-electron chi connectivity index (χ1n) is 52.2. The molecular formula is C111H166N10O19S2. The van der Waals surface area contributed by atoms with Crippen molar-refractivity contribution >= 4 is 52.4 Å². The normalized spacial score (nSPS) is 16.4.